The molecule has 4 heteroatoms. The minimum Gasteiger partial charge on any atom is -0.397 e. The Morgan fingerprint density at radius 3 is 2.62 bits per heavy atom. The van der Waals surface area contributed by atoms with Crippen molar-refractivity contribution < 1.29 is 0 Å². The Morgan fingerprint density at radius 2 is 2.15 bits per heavy atom. The van der Waals surface area contributed by atoms with Crippen molar-refractivity contribution in [3.05, 3.63) is 18.3 Å². The van der Waals surface area contributed by atoms with Crippen LogP contribution in [0.4, 0.5) is 11.5 Å². The van der Waals surface area contributed by atoms with Crippen LogP contribution < -0.4 is 16.8 Å². The standard InChI is InChI=1S/C9H16N4/c1-9(2,11)6-13-8-4-3-7(10)5-12-8/h3-5H,6,10-11H2,1-2H3,(H,12,13). The van der Waals surface area contributed by atoms with E-state index in [-0.39, 0.29) is 5.54 Å². The van der Waals surface area contributed by atoms with Crippen LogP contribution in [-0.4, -0.2) is 17.1 Å². The smallest absolute Gasteiger partial charge is 0.126 e. The zero-order chi connectivity index (χ0) is 9.90. The van der Waals surface area contributed by atoms with E-state index in [0.29, 0.717) is 12.2 Å². The second kappa shape index (κ2) is 3.62. The molecular formula is C9H16N4. The van der Waals surface area contributed by atoms with E-state index in [1.54, 1.807) is 12.3 Å². The highest BCUT2D eigenvalue weighted by atomic mass is 15.0. The maximum Gasteiger partial charge on any atom is 0.126 e. The fraction of sp³-hybridized carbons (Fsp3) is 0.444. The van der Waals surface area contributed by atoms with Crippen molar-refractivity contribution in [3.8, 4) is 0 Å². The molecule has 1 heterocycles. The minimum absolute atomic E-state index is 0.233. The van der Waals surface area contributed by atoms with Crippen LogP contribution in [0, 0.1) is 0 Å². The summed E-state index contributed by atoms with van der Waals surface area (Å²) in [6, 6.07) is 3.64. The number of anilines is 2. The lowest BCUT2D eigenvalue weighted by atomic mass is 10.1. The summed E-state index contributed by atoms with van der Waals surface area (Å²) in [5.74, 6) is 0.799. The molecule has 0 bridgehead atoms. The van der Waals surface area contributed by atoms with E-state index in [0.717, 1.165) is 5.82 Å². The first kappa shape index (κ1) is 9.80. The third-order valence-electron chi connectivity index (χ3n) is 1.51. The zero-order valence-corrected chi connectivity index (χ0v) is 8.04. The van der Waals surface area contributed by atoms with Crippen LogP contribution in [0.1, 0.15) is 13.8 Å². The van der Waals surface area contributed by atoms with Gasteiger partial charge in [0.15, 0.2) is 0 Å². The third kappa shape index (κ3) is 3.75. The molecule has 1 aromatic rings. The number of pyridine rings is 1. The number of nitrogens with two attached hydrogens (primary N) is 2. The molecule has 0 spiro atoms. The number of rotatable bonds is 3. The first-order chi connectivity index (χ1) is 5.97. The van der Waals surface area contributed by atoms with Crippen molar-refractivity contribution >= 4 is 11.5 Å². The number of hydrogen-bond acceptors (Lipinski definition) is 4. The molecule has 5 N–H and O–H groups in total. The van der Waals surface area contributed by atoms with Crippen LogP contribution in [-0.2, 0) is 0 Å². The third-order valence-corrected chi connectivity index (χ3v) is 1.51. The lowest BCUT2D eigenvalue weighted by Gasteiger charge is -2.19. The Bertz CT molecular complexity index is 260. The maximum absolute atomic E-state index is 5.80. The van der Waals surface area contributed by atoms with E-state index in [1.807, 2.05) is 19.9 Å². The molecular weight excluding hydrogens is 164 g/mol. The summed E-state index contributed by atoms with van der Waals surface area (Å²) >= 11 is 0. The van der Waals surface area contributed by atoms with E-state index in [4.69, 9.17) is 11.5 Å². The summed E-state index contributed by atoms with van der Waals surface area (Å²) in [6.45, 7) is 4.60. The second-order valence-corrected chi connectivity index (χ2v) is 3.82. The van der Waals surface area contributed by atoms with Crippen molar-refractivity contribution in [2.45, 2.75) is 19.4 Å². The van der Waals surface area contributed by atoms with Crippen molar-refractivity contribution in [2.75, 3.05) is 17.6 Å². The molecule has 0 radical (unpaired) electrons. The normalized spacial score (nSPS) is 11.3. The van der Waals surface area contributed by atoms with Gasteiger partial charge in [-0.15, -0.1) is 0 Å². The molecule has 13 heavy (non-hydrogen) atoms. The molecule has 0 atom stereocenters. The lowest BCUT2D eigenvalue weighted by Crippen LogP contribution is -2.39. The highest BCUT2D eigenvalue weighted by Crippen LogP contribution is 2.07. The molecule has 0 aromatic carbocycles. The molecule has 0 saturated carbocycles. The summed E-state index contributed by atoms with van der Waals surface area (Å²) in [6.07, 6.45) is 1.62. The largest absolute Gasteiger partial charge is 0.397 e. The van der Waals surface area contributed by atoms with Gasteiger partial charge in [0.25, 0.3) is 0 Å². The van der Waals surface area contributed by atoms with Gasteiger partial charge in [0.05, 0.1) is 11.9 Å². The Balaban J connectivity index is 2.51. The summed E-state index contributed by atoms with van der Waals surface area (Å²) in [5.41, 5.74) is 11.7. The van der Waals surface area contributed by atoms with Gasteiger partial charge < -0.3 is 16.8 Å². The molecule has 1 rings (SSSR count). The SMILES string of the molecule is CC(C)(N)CNc1ccc(N)cn1. The first-order valence-electron chi connectivity index (χ1n) is 4.22. The summed E-state index contributed by atoms with van der Waals surface area (Å²) in [7, 11) is 0. The van der Waals surface area contributed by atoms with Crippen LogP contribution in [0.2, 0.25) is 0 Å². The monoisotopic (exact) mass is 180 g/mol. The van der Waals surface area contributed by atoms with Crippen molar-refractivity contribution in [3.63, 3.8) is 0 Å². The number of nitrogen functional groups attached to an aromatic ring is 1. The molecule has 0 unspecified atom stereocenters. The van der Waals surface area contributed by atoms with Crippen LogP contribution in [0.5, 0.6) is 0 Å². The Labute approximate surface area is 78.3 Å². The first-order valence-corrected chi connectivity index (χ1v) is 4.22. The van der Waals surface area contributed by atoms with Gasteiger partial charge in [-0.2, -0.15) is 0 Å². The Morgan fingerprint density at radius 1 is 1.46 bits per heavy atom. The molecule has 0 aliphatic rings. The van der Waals surface area contributed by atoms with E-state index in [2.05, 4.69) is 10.3 Å². The van der Waals surface area contributed by atoms with Gasteiger partial charge in [-0.25, -0.2) is 4.98 Å². The van der Waals surface area contributed by atoms with Crippen LogP contribution >= 0.6 is 0 Å². The average molecular weight is 180 g/mol. The molecule has 0 aliphatic heterocycles. The molecule has 1 aromatic heterocycles. The molecule has 0 fully saturated rings. The predicted octanol–water partition coefficient (Wildman–Crippen LogP) is 0.813. The molecule has 0 amide bonds. The topological polar surface area (TPSA) is 77.0 Å². The van der Waals surface area contributed by atoms with Gasteiger partial charge in [-0.1, -0.05) is 0 Å². The highest BCUT2D eigenvalue weighted by Gasteiger charge is 2.09. The minimum atomic E-state index is -0.233. The van der Waals surface area contributed by atoms with Crippen molar-refractivity contribution in [1.82, 2.24) is 4.98 Å². The Hall–Kier alpha value is -1.29. The predicted molar refractivity (Wildman–Crippen MR) is 55.4 cm³/mol. The molecule has 4 nitrogen and oxygen atoms in total. The fourth-order valence-electron chi connectivity index (χ4n) is 0.828. The fourth-order valence-corrected chi connectivity index (χ4v) is 0.828. The van der Waals surface area contributed by atoms with Crippen LogP contribution in [0.3, 0.4) is 0 Å². The maximum atomic E-state index is 5.80. The molecule has 0 saturated heterocycles. The van der Waals surface area contributed by atoms with Crippen molar-refractivity contribution in [2.24, 2.45) is 5.73 Å². The van der Waals surface area contributed by atoms with Crippen LogP contribution in [0.25, 0.3) is 0 Å². The second-order valence-electron chi connectivity index (χ2n) is 3.82. The number of nitrogens with one attached hydrogen (secondary N) is 1. The van der Waals surface area contributed by atoms with Gasteiger partial charge in [-0.3, -0.25) is 0 Å². The lowest BCUT2D eigenvalue weighted by molar-refractivity contribution is 0.548. The summed E-state index contributed by atoms with van der Waals surface area (Å²) in [4.78, 5) is 4.09. The Kier molecular flexibility index (Phi) is 2.72. The van der Waals surface area contributed by atoms with E-state index >= 15 is 0 Å². The van der Waals surface area contributed by atoms with Gasteiger partial charge in [0.1, 0.15) is 5.82 Å². The van der Waals surface area contributed by atoms with Crippen LogP contribution in [0.15, 0.2) is 18.3 Å². The number of hydrogen-bond donors (Lipinski definition) is 3. The quantitative estimate of drug-likeness (QED) is 0.643. The van der Waals surface area contributed by atoms with E-state index < -0.39 is 0 Å². The number of aromatic nitrogens is 1. The summed E-state index contributed by atoms with van der Waals surface area (Å²) in [5, 5.41) is 3.12. The summed E-state index contributed by atoms with van der Waals surface area (Å²) < 4.78 is 0. The number of nitrogens with zero attached hydrogens (tertiary/aromatic N) is 1. The van der Waals surface area contributed by atoms with Gasteiger partial charge in [0, 0.05) is 12.1 Å². The van der Waals surface area contributed by atoms with Crippen molar-refractivity contribution in [1.29, 1.82) is 0 Å². The average Bonchev–Trinajstić information content (AvgIpc) is 2.02. The molecule has 0 aliphatic carbocycles. The zero-order valence-electron chi connectivity index (χ0n) is 8.04. The van der Waals surface area contributed by atoms with Gasteiger partial charge in [0.2, 0.25) is 0 Å². The van der Waals surface area contributed by atoms with Gasteiger partial charge in [-0.05, 0) is 26.0 Å². The van der Waals surface area contributed by atoms with E-state index in [1.165, 1.54) is 0 Å². The van der Waals surface area contributed by atoms with E-state index in [9.17, 15) is 0 Å². The van der Waals surface area contributed by atoms with Gasteiger partial charge >= 0.3 is 0 Å². The highest BCUT2D eigenvalue weighted by molar-refractivity contribution is 5.43. The molecule has 72 valence electrons.